The summed E-state index contributed by atoms with van der Waals surface area (Å²) in [6.45, 7) is 2.23. The highest BCUT2D eigenvalue weighted by atomic mass is 16.2. The van der Waals surface area contributed by atoms with Crippen molar-refractivity contribution >= 4 is 0 Å². The molecule has 0 heterocycles. The van der Waals surface area contributed by atoms with Gasteiger partial charge in [0.2, 0.25) is 0 Å². The molecule has 0 rings (SSSR count). The zero-order chi connectivity index (χ0) is 11.9. The summed E-state index contributed by atoms with van der Waals surface area (Å²) in [7, 11) is 0. The van der Waals surface area contributed by atoms with Crippen LogP contribution in [0.15, 0.2) is 48.8 Å². The highest BCUT2D eigenvalue weighted by Gasteiger charge is 1.80. The van der Waals surface area contributed by atoms with Crippen molar-refractivity contribution < 1.29 is 5.11 Å². The van der Waals surface area contributed by atoms with E-state index in [-0.39, 0.29) is 0 Å². The van der Waals surface area contributed by atoms with Gasteiger partial charge in [-0.2, -0.15) is 0 Å². The third kappa shape index (κ3) is 12.8. The Hall–Kier alpha value is -1.24. The number of hydrogen-bond acceptors (Lipinski definition) is 1. The van der Waals surface area contributed by atoms with Gasteiger partial charge in [-0.1, -0.05) is 56.2 Å². The molecule has 0 radical (unpaired) electrons. The molecule has 1 N–H and O–H groups in total. The molecular weight excluding hydrogens is 196 g/mol. The molecule has 0 atom stereocenters. The highest BCUT2D eigenvalue weighted by Crippen LogP contribution is 2.00. The lowest BCUT2D eigenvalue weighted by Gasteiger charge is -1.90. The summed E-state index contributed by atoms with van der Waals surface area (Å²) in [5.41, 5.74) is 0. The summed E-state index contributed by atoms with van der Waals surface area (Å²) in [5, 5.41) is 8.37. The van der Waals surface area contributed by atoms with Crippen LogP contribution in [0.5, 0.6) is 0 Å². The molecule has 0 amide bonds. The van der Waals surface area contributed by atoms with E-state index in [4.69, 9.17) is 5.11 Å². The molecule has 0 bridgehead atoms. The summed E-state index contributed by atoms with van der Waals surface area (Å²) in [4.78, 5) is 0. The van der Waals surface area contributed by atoms with Gasteiger partial charge >= 0.3 is 0 Å². The quantitative estimate of drug-likeness (QED) is 0.248. The van der Waals surface area contributed by atoms with E-state index in [1.807, 2.05) is 12.2 Å². The fraction of sp³-hybridized carbons (Fsp3) is 0.467. The van der Waals surface area contributed by atoms with Crippen LogP contribution in [0, 0.1) is 0 Å². The molecule has 0 aromatic rings. The molecule has 0 aromatic heterocycles. The first-order valence-electron chi connectivity index (χ1n) is 6.17. The maximum Gasteiger partial charge on any atom is 0.0791 e. The molecule has 0 spiro atoms. The second-order valence-electron chi connectivity index (χ2n) is 3.68. The molecular formula is C15H24O. The van der Waals surface area contributed by atoms with E-state index in [0.717, 1.165) is 19.1 Å². The van der Waals surface area contributed by atoms with Gasteiger partial charge in [-0.3, -0.25) is 0 Å². The zero-order valence-corrected chi connectivity index (χ0v) is 10.3. The Kier molecular flexibility index (Phi) is 12.7. The van der Waals surface area contributed by atoms with E-state index in [9.17, 15) is 0 Å². The van der Waals surface area contributed by atoms with Crippen molar-refractivity contribution in [2.45, 2.75) is 45.4 Å². The minimum atomic E-state index is 0.925. The van der Waals surface area contributed by atoms with Crippen LogP contribution in [0.2, 0.25) is 0 Å². The first kappa shape index (κ1) is 14.8. The maximum atomic E-state index is 8.37. The van der Waals surface area contributed by atoms with Crippen molar-refractivity contribution in [3.8, 4) is 0 Å². The van der Waals surface area contributed by atoms with Gasteiger partial charge in [0.05, 0.1) is 6.26 Å². The van der Waals surface area contributed by atoms with Crippen LogP contribution in [-0.2, 0) is 0 Å². The van der Waals surface area contributed by atoms with Gasteiger partial charge in [0.1, 0.15) is 0 Å². The van der Waals surface area contributed by atoms with Gasteiger partial charge in [-0.15, -0.1) is 0 Å². The average Bonchev–Trinajstić information content (AvgIpc) is 2.31. The number of hydrogen-bond donors (Lipinski definition) is 1. The topological polar surface area (TPSA) is 20.2 Å². The van der Waals surface area contributed by atoms with E-state index in [2.05, 4.69) is 31.2 Å². The standard InChI is InChI=1S/C15H24O/c1-2-3-4-5-6-7-8-9-10-11-12-13-14-15-16/h6-7,9-10,12-16H,2-5,8,11H2,1H3/b7-6-,10-9-,13-12-,15-14?. The Morgan fingerprint density at radius 2 is 1.50 bits per heavy atom. The summed E-state index contributed by atoms with van der Waals surface area (Å²) in [6, 6.07) is 0. The molecule has 90 valence electrons. The van der Waals surface area contributed by atoms with Crippen LogP contribution in [0.4, 0.5) is 0 Å². The van der Waals surface area contributed by atoms with Gasteiger partial charge < -0.3 is 5.11 Å². The van der Waals surface area contributed by atoms with Crippen molar-refractivity contribution in [3.63, 3.8) is 0 Å². The monoisotopic (exact) mass is 220 g/mol. The molecule has 0 aliphatic heterocycles. The Bertz CT molecular complexity index is 234. The van der Waals surface area contributed by atoms with E-state index < -0.39 is 0 Å². The third-order valence-electron chi connectivity index (χ3n) is 2.19. The predicted molar refractivity (Wildman–Crippen MR) is 72.6 cm³/mol. The van der Waals surface area contributed by atoms with E-state index in [1.54, 1.807) is 6.08 Å². The Labute approximate surface area is 99.9 Å². The molecule has 16 heavy (non-hydrogen) atoms. The SMILES string of the molecule is CCCCC/C=C\C/C=C\C/C=C\C=CO. The molecule has 0 fully saturated rings. The molecule has 0 saturated heterocycles. The van der Waals surface area contributed by atoms with Crippen LogP contribution in [-0.4, -0.2) is 5.11 Å². The number of aliphatic hydroxyl groups excluding tert-OH is 1. The van der Waals surface area contributed by atoms with E-state index in [1.165, 1.54) is 25.7 Å². The van der Waals surface area contributed by atoms with Crippen LogP contribution in [0.25, 0.3) is 0 Å². The van der Waals surface area contributed by atoms with Crippen LogP contribution in [0.1, 0.15) is 45.4 Å². The maximum absolute atomic E-state index is 8.37. The van der Waals surface area contributed by atoms with Gasteiger partial charge in [0.15, 0.2) is 0 Å². The summed E-state index contributed by atoms with van der Waals surface area (Å²) >= 11 is 0. The molecule has 0 aliphatic carbocycles. The Morgan fingerprint density at radius 1 is 0.812 bits per heavy atom. The van der Waals surface area contributed by atoms with Crippen molar-refractivity contribution in [2.24, 2.45) is 0 Å². The van der Waals surface area contributed by atoms with Crippen LogP contribution < -0.4 is 0 Å². The van der Waals surface area contributed by atoms with Crippen molar-refractivity contribution in [1.29, 1.82) is 0 Å². The summed E-state index contributed by atoms with van der Waals surface area (Å²) in [5.74, 6) is 0. The number of rotatable bonds is 9. The second kappa shape index (κ2) is 13.8. The van der Waals surface area contributed by atoms with E-state index in [0.29, 0.717) is 0 Å². The lowest BCUT2D eigenvalue weighted by molar-refractivity contribution is 0.473. The molecule has 1 nitrogen and oxygen atoms in total. The number of unbranched alkanes of at least 4 members (excludes halogenated alkanes) is 3. The van der Waals surface area contributed by atoms with Gasteiger partial charge in [0, 0.05) is 0 Å². The summed E-state index contributed by atoms with van der Waals surface area (Å²) < 4.78 is 0. The molecule has 0 aliphatic rings. The average molecular weight is 220 g/mol. The normalized spacial score (nSPS) is 12.8. The first-order valence-corrected chi connectivity index (χ1v) is 6.17. The highest BCUT2D eigenvalue weighted by molar-refractivity contribution is 5.03. The second-order valence-corrected chi connectivity index (χ2v) is 3.68. The first-order chi connectivity index (χ1) is 7.91. The largest absolute Gasteiger partial charge is 0.516 e. The van der Waals surface area contributed by atoms with Crippen molar-refractivity contribution in [3.05, 3.63) is 48.8 Å². The zero-order valence-electron chi connectivity index (χ0n) is 10.3. The molecule has 1 heteroatoms. The van der Waals surface area contributed by atoms with Crippen LogP contribution in [0.3, 0.4) is 0 Å². The predicted octanol–water partition coefficient (Wildman–Crippen LogP) is 5.09. The van der Waals surface area contributed by atoms with E-state index >= 15 is 0 Å². The van der Waals surface area contributed by atoms with Gasteiger partial charge in [0.25, 0.3) is 0 Å². The van der Waals surface area contributed by atoms with Crippen molar-refractivity contribution in [1.82, 2.24) is 0 Å². The number of allylic oxidation sites excluding steroid dienone is 7. The Balaban J connectivity index is 3.32. The number of aliphatic hydroxyl groups is 1. The lowest BCUT2D eigenvalue weighted by atomic mass is 10.2. The third-order valence-corrected chi connectivity index (χ3v) is 2.19. The lowest BCUT2D eigenvalue weighted by Crippen LogP contribution is -1.70. The molecule has 0 aromatic carbocycles. The van der Waals surface area contributed by atoms with Gasteiger partial charge in [-0.25, -0.2) is 0 Å². The van der Waals surface area contributed by atoms with Gasteiger partial charge in [-0.05, 0) is 31.8 Å². The Morgan fingerprint density at radius 3 is 2.19 bits per heavy atom. The van der Waals surface area contributed by atoms with Crippen LogP contribution >= 0.6 is 0 Å². The van der Waals surface area contributed by atoms with Crippen molar-refractivity contribution in [2.75, 3.05) is 0 Å². The fourth-order valence-corrected chi connectivity index (χ4v) is 1.28. The smallest absolute Gasteiger partial charge is 0.0791 e. The fourth-order valence-electron chi connectivity index (χ4n) is 1.28. The minimum absolute atomic E-state index is 0.925. The summed E-state index contributed by atoms with van der Waals surface area (Å²) in [6.07, 6.45) is 22.4. The molecule has 0 unspecified atom stereocenters. The minimum Gasteiger partial charge on any atom is -0.516 e. The molecule has 0 saturated carbocycles.